The Balaban J connectivity index is 3.31. The first-order valence-electron chi connectivity index (χ1n) is 12.4. The van der Waals surface area contributed by atoms with Crippen molar-refractivity contribution in [3.8, 4) is 0 Å². The molecule has 0 saturated heterocycles. The highest BCUT2D eigenvalue weighted by Gasteiger charge is 2.95. The number of nitrogens with zero attached hydrogens (tertiary/aromatic N) is 2. The molecule has 0 fully saturated rings. The number of rotatable bonds is 16. The van der Waals surface area contributed by atoms with Gasteiger partial charge in [0.1, 0.15) is 12.4 Å². The number of alkyl halides is 30. The van der Waals surface area contributed by atoms with Crippen LogP contribution in [0.15, 0.2) is 18.7 Å². The molecule has 2 nitrogen and oxygen atoms in total. The van der Waals surface area contributed by atoms with Gasteiger partial charge in [0.05, 0.1) is 25.9 Å². The van der Waals surface area contributed by atoms with Crippen molar-refractivity contribution in [3.05, 3.63) is 18.7 Å². The van der Waals surface area contributed by atoms with Crippen molar-refractivity contribution in [1.29, 1.82) is 0 Å². The lowest BCUT2D eigenvalue weighted by Gasteiger charge is -2.42. The van der Waals surface area contributed by atoms with E-state index in [0.717, 1.165) is 0 Å². The van der Waals surface area contributed by atoms with E-state index in [4.69, 9.17) is 0 Å². The van der Waals surface area contributed by atoms with E-state index in [1.54, 1.807) is 0 Å². The second-order valence-electron chi connectivity index (χ2n) is 10.5. The summed E-state index contributed by atoms with van der Waals surface area (Å²) < 4.78 is 397. The Morgan fingerprint density at radius 1 is 0.340 bits per heavy atom. The highest BCUT2D eigenvalue weighted by molar-refractivity contribution is 5.15. The van der Waals surface area contributed by atoms with Gasteiger partial charge >= 0.3 is 83.4 Å². The third-order valence-corrected chi connectivity index (χ3v) is 6.90. The molecule has 53 heavy (non-hydrogen) atoms. The average Bonchev–Trinajstić information content (AvgIpc) is 3.40. The van der Waals surface area contributed by atoms with Crippen LogP contribution in [0, 0.1) is 0 Å². The lowest BCUT2D eigenvalue weighted by molar-refractivity contribution is -0.699. The van der Waals surface area contributed by atoms with Crippen molar-refractivity contribution in [3.63, 3.8) is 0 Å². The van der Waals surface area contributed by atoms with Gasteiger partial charge < -0.3 is 0 Å². The molecule has 1 aromatic heterocycles. The van der Waals surface area contributed by atoms with E-state index in [0.29, 0.717) is 0 Å². The van der Waals surface area contributed by atoms with Crippen molar-refractivity contribution in [2.45, 2.75) is 109 Å². The third-order valence-electron chi connectivity index (χ3n) is 6.90. The molecule has 0 aromatic carbocycles. The molecule has 0 radical (unpaired) electrons. The molecule has 1 rings (SSSR count). The van der Waals surface area contributed by atoms with Crippen LogP contribution >= 0.6 is 0 Å². The quantitative estimate of drug-likeness (QED) is 0.116. The Morgan fingerprint density at radius 2 is 0.604 bits per heavy atom. The van der Waals surface area contributed by atoms with Gasteiger partial charge in [-0.05, 0) is 0 Å². The zero-order chi connectivity index (χ0) is 43.1. The molecule has 0 amide bonds. The summed E-state index contributed by atoms with van der Waals surface area (Å²) in [6, 6.07) is 0. The molecule has 0 saturated carbocycles. The Hall–Kier alpha value is -2.89. The van der Waals surface area contributed by atoms with Gasteiger partial charge in [0.25, 0.3) is 0 Å². The van der Waals surface area contributed by atoms with Crippen molar-refractivity contribution >= 4 is 0 Å². The summed E-state index contributed by atoms with van der Waals surface area (Å²) in [5.74, 6) is -97.9. The Kier molecular flexibility index (Phi) is 11.7. The zero-order valence-corrected chi connectivity index (χ0v) is 23.8. The maximum absolute atomic E-state index is 14.0. The SMILES string of the molecule is FC(F)(F)C(F)(F)C(F)(F)C(F)(F)C(F)(F)C(F)(F)CCn1cc[n+](CCC(F)(F)C(F)(F)C(F)(F)C(F)(F)C(F)(F)C(F)(F)C(F)(F)C(F)(F)F)c1. The minimum atomic E-state index is -8.92. The number of imidazole rings is 1. The summed E-state index contributed by atoms with van der Waals surface area (Å²) in [4.78, 5) is 0. The van der Waals surface area contributed by atoms with Crippen LogP contribution in [0.2, 0.25) is 0 Å². The molecule has 1 heterocycles. The second-order valence-corrected chi connectivity index (χ2v) is 10.5. The molecule has 0 N–H and O–H groups in total. The van der Waals surface area contributed by atoms with Crippen LogP contribution in [0.3, 0.4) is 0 Å². The van der Waals surface area contributed by atoms with E-state index in [9.17, 15) is 132 Å². The van der Waals surface area contributed by atoms with Gasteiger partial charge in [-0.25, -0.2) is 9.13 Å². The first-order chi connectivity index (χ1) is 22.7. The summed E-state index contributed by atoms with van der Waals surface area (Å²) in [7, 11) is 0. The fraction of sp³-hybridized carbons (Fsp3) is 0.857. The van der Waals surface area contributed by atoms with Crippen molar-refractivity contribution < 1.29 is 136 Å². The average molecular weight is 861 g/mol. The predicted octanol–water partition coefficient (Wildman–Crippen LogP) is 10.3. The molecule has 1 aromatic rings. The number of hydrogen-bond acceptors (Lipinski definition) is 0. The number of hydrogen-bond donors (Lipinski definition) is 0. The van der Waals surface area contributed by atoms with Crippen LogP contribution in [0.4, 0.5) is 132 Å². The van der Waals surface area contributed by atoms with Crippen LogP contribution in [-0.2, 0) is 13.1 Å². The number of aromatic nitrogens is 2. The van der Waals surface area contributed by atoms with Crippen molar-refractivity contribution in [2.24, 2.45) is 0 Å². The maximum Gasteiger partial charge on any atom is 0.460 e. The highest BCUT2D eigenvalue weighted by Crippen LogP contribution is 2.65. The largest absolute Gasteiger partial charge is 0.460 e. The van der Waals surface area contributed by atoms with Crippen LogP contribution in [0.5, 0.6) is 0 Å². The van der Waals surface area contributed by atoms with E-state index < -0.39 is 109 Å². The smallest absolute Gasteiger partial charge is 0.237 e. The molecule has 32 heteroatoms. The van der Waals surface area contributed by atoms with Crippen molar-refractivity contribution in [2.75, 3.05) is 0 Å². The molecule has 0 aliphatic carbocycles. The molecular formula is C21H11F30N2+. The normalized spacial score (nSPS) is 16.4. The van der Waals surface area contributed by atoms with Crippen LogP contribution < -0.4 is 4.57 Å². The lowest BCUT2D eigenvalue weighted by atomic mass is 9.88. The van der Waals surface area contributed by atoms with Gasteiger partial charge in [0.15, 0.2) is 0 Å². The predicted molar refractivity (Wildman–Crippen MR) is 105 cm³/mol. The molecule has 0 spiro atoms. The van der Waals surface area contributed by atoms with Gasteiger partial charge in [0, 0.05) is 0 Å². The topological polar surface area (TPSA) is 8.81 Å². The minimum Gasteiger partial charge on any atom is -0.237 e. The summed E-state index contributed by atoms with van der Waals surface area (Å²) in [6.45, 7) is -4.16. The van der Waals surface area contributed by atoms with Crippen LogP contribution in [0.1, 0.15) is 12.8 Å². The summed E-state index contributed by atoms with van der Waals surface area (Å²) in [6.07, 6.45) is -21.8. The van der Waals surface area contributed by atoms with Gasteiger partial charge in [0.2, 0.25) is 6.33 Å². The molecule has 0 unspecified atom stereocenters. The Labute approximate surface area is 270 Å². The first kappa shape index (κ1) is 48.1. The first-order valence-corrected chi connectivity index (χ1v) is 12.4. The highest BCUT2D eigenvalue weighted by atomic mass is 19.4. The Morgan fingerprint density at radius 3 is 0.906 bits per heavy atom. The lowest BCUT2D eigenvalue weighted by Crippen LogP contribution is -2.74. The van der Waals surface area contributed by atoms with E-state index in [1.165, 1.54) is 0 Å². The number of aryl methyl sites for hydroxylation is 2. The standard InChI is InChI=1S/C21H11F30N2/c22-8(23,10(26,27)12(30,31)14(34,35)15(36,37)17(40,41)19(44,45)21(49,50)51)1-3-52-5-6-53(7-52)4-2-9(24,25)11(28,29)13(32,33)16(38,39)18(42,43)20(46,47)48/h5-7H,1-4H2/q+1. The van der Waals surface area contributed by atoms with Crippen LogP contribution in [0.25, 0.3) is 0 Å². The summed E-state index contributed by atoms with van der Waals surface area (Å²) >= 11 is 0. The minimum absolute atomic E-state index is 0.0673. The van der Waals surface area contributed by atoms with E-state index in [2.05, 4.69) is 0 Å². The van der Waals surface area contributed by atoms with Crippen molar-refractivity contribution in [1.82, 2.24) is 4.57 Å². The molecule has 0 atom stereocenters. The van der Waals surface area contributed by atoms with Gasteiger partial charge in [-0.3, -0.25) is 0 Å². The molecule has 0 aliphatic heterocycles. The van der Waals surface area contributed by atoms with Gasteiger partial charge in [-0.15, -0.1) is 0 Å². The zero-order valence-electron chi connectivity index (χ0n) is 23.8. The van der Waals surface area contributed by atoms with Crippen LogP contribution in [-0.4, -0.2) is 88.0 Å². The maximum atomic E-state index is 14.0. The van der Waals surface area contributed by atoms with E-state index in [-0.39, 0.29) is 27.9 Å². The van der Waals surface area contributed by atoms with Gasteiger partial charge in [-0.1, -0.05) is 0 Å². The monoisotopic (exact) mass is 861 g/mol. The third kappa shape index (κ3) is 6.85. The fourth-order valence-corrected chi connectivity index (χ4v) is 3.55. The van der Waals surface area contributed by atoms with Gasteiger partial charge in [-0.2, -0.15) is 132 Å². The summed E-state index contributed by atoms with van der Waals surface area (Å²) in [5.41, 5.74) is 0. The molecule has 0 bridgehead atoms. The Bertz CT molecular complexity index is 1430. The van der Waals surface area contributed by atoms with E-state index in [1.807, 2.05) is 0 Å². The molecular weight excluding hydrogens is 850 g/mol. The second kappa shape index (κ2) is 12.8. The number of halogens is 30. The molecule has 314 valence electrons. The summed E-state index contributed by atoms with van der Waals surface area (Å²) in [5, 5.41) is 0. The molecule has 0 aliphatic rings. The van der Waals surface area contributed by atoms with E-state index >= 15 is 0 Å². The fourth-order valence-electron chi connectivity index (χ4n) is 3.55.